The molecule has 6 heteroatoms. The van der Waals surface area contributed by atoms with Crippen LogP contribution in [-0.4, -0.2) is 22.5 Å². The van der Waals surface area contributed by atoms with Gasteiger partial charge in [-0.1, -0.05) is 11.6 Å². The van der Waals surface area contributed by atoms with Crippen molar-refractivity contribution in [1.82, 2.24) is 0 Å². The molecule has 0 radical (unpaired) electrons. The predicted molar refractivity (Wildman–Crippen MR) is 58.6 cm³/mol. The van der Waals surface area contributed by atoms with Gasteiger partial charge < -0.3 is 9.15 Å². The van der Waals surface area contributed by atoms with Gasteiger partial charge in [-0.15, -0.1) is 0 Å². The Morgan fingerprint density at radius 2 is 2.00 bits per heavy atom. The van der Waals surface area contributed by atoms with Crippen molar-refractivity contribution in [2.75, 3.05) is 0 Å². The van der Waals surface area contributed by atoms with Crippen molar-refractivity contribution in [2.24, 2.45) is 0 Å². The van der Waals surface area contributed by atoms with Crippen LogP contribution in [0.3, 0.4) is 0 Å². The van der Waals surface area contributed by atoms with Crippen LogP contribution in [0.15, 0.2) is 22.8 Å². The Morgan fingerprint density at radius 1 is 1.41 bits per heavy atom. The summed E-state index contributed by atoms with van der Waals surface area (Å²) < 4.78 is 23.2. The fourth-order valence-electron chi connectivity index (χ4n) is 0.997. The van der Waals surface area contributed by atoms with E-state index < -0.39 is 22.5 Å². The van der Waals surface area contributed by atoms with Crippen LogP contribution in [0.1, 0.15) is 31.3 Å². The normalized spacial score (nSPS) is 15.1. The van der Waals surface area contributed by atoms with E-state index in [1.165, 1.54) is 39.2 Å². The molecule has 0 saturated heterocycles. The van der Waals surface area contributed by atoms with Crippen LogP contribution in [0.4, 0.5) is 4.39 Å². The lowest BCUT2D eigenvalue weighted by atomic mass is 10.1. The van der Waals surface area contributed by atoms with Gasteiger partial charge in [-0.25, -0.2) is 9.18 Å². The molecule has 1 heterocycles. The molecule has 0 aliphatic heterocycles. The second kappa shape index (κ2) is 4.49. The molecular weight excluding hydrogens is 251 g/mol. The molecule has 1 atom stereocenters. The molecule has 0 spiro atoms. The Kier molecular flexibility index (Phi) is 3.62. The average Bonchev–Trinajstić information content (AvgIpc) is 2.66. The Morgan fingerprint density at radius 3 is 2.41 bits per heavy atom. The van der Waals surface area contributed by atoms with Gasteiger partial charge >= 0.3 is 11.1 Å². The highest BCUT2D eigenvalue weighted by Crippen LogP contribution is 2.27. The SMILES string of the molecule is CC(C)(C)OC(=O)[C@](F)(Cl)C(=O)c1ccco1. The summed E-state index contributed by atoms with van der Waals surface area (Å²) >= 11 is 5.28. The van der Waals surface area contributed by atoms with Crippen molar-refractivity contribution >= 4 is 23.4 Å². The minimum Gasteiger partial charge on any atom is -0.461 e. The van der Waals surface area contributed by atoms with Gasteiger partial charge in [0.1, 0.15) is 5.60 Å². The lowest BCUT2D eigenvalue weighted by Crippen LogP contribution is -2.41. The summed E-state index contributed by atoms with van der Waals surface area (Å²) in [5.74, 6) is -3.07. The zero-order valence-electron chi connectivity index (χ0n) is 9.62. The predicted octanol–water partition coefficient (Wildman–Crippen LogP) is 2.71. The van der Waals surface area contributed by atoms with E-state index in [1.54, 1.807) is 0 Å². The number of ketones is 1. The standard InChI is InChI=1S/C11H12ClFO4/c1-10(2,3)17-9(15)11(12,13)8(14)7-5-4-6-16-7/h4-6H,1-3H3/t11-/m0/s1. The van der Waals surface area contributed by atoms with Crippen LogP contribution >= 0.6 is 11.6 Å². The molecule has 0 aliphatic rings. The molecule has 1 rings (SSSR count). The molecule has 0 bridgehead atoms. The van der Waals surface area contributed by atoms with Crippen molar-refractivity contribution < 1.29 is 23.1 Å². The number of Topliss-reactive ketones (excluding diaryl/α,β-unsaturated/α-hetero) is 1. The van der Waals surface area contributed by atoms with Gasteiger partial charge in [0.25, 0.3) is 5.78 Å². The van der Waals surface area contributed by atoms with Gasteiger partial charge in [0.2, 0.25) is 0 Å². The van der Waals surface area contributed by atoms with Crippen molar-refractivity contribution in [3.05, 3.63) is 24.2 Å². The van der Waals surface area contributed by atoms with Crippen LogP contribution in [0.25, 0.3) is 0 Å². The number of ether oxygens (including phenoxy) is 1. The third kappa shape index (κ3) is 3.30. The van der Waals surface area contributed by atoms with Crippen molar-refractivity contribution in [3.63, 3.8) is 0 Å². The quantitative estimate of drug-likeness (QED) is 0.364. The third-order valence-corrected chi connectivity index (χ3v) is 2.01. The van der Waals surface area contributed by atoms with E-state index in [1.807, 2.05) is 0 Å². The largest absolute Gasteiger partial charge is 0.461 e. The van der Waals surface area contributed by atoms with Gasteiger partial charge in [-0.2, -0.15) is 0 Å². The first kappa shape index (κ1) is 13.7. The maximum Gasteiger partial charge on any atom is 0.368 e. The lowest BCUT2D eigenvalue weighted by molar-refractivity contribution is -0.161. The van der Waals surface area contributed by atoms with Gasteiger partial charge in [0.15, 0.2) is 5.76 Å². The maximum atomic E-state index is 13.9. The number of esters is 1. The highest BCUT2D eigenvalue weighted by Gasteiger charge is 2.49. The molecule has 94 valence electrons. The van der Waals surface area contributed by atoms with Crippen molar-refractivity contribution in [1.29, 1.82) is 0 Å². The topological polar surface area (TPSA) is 56.5 Å². The molecule has 0 aliphatic carbocycles. The molecular formula is C11H12ClFO4. The Hall–Kier alpha value is -1.36. The molecule has 17 heavy (non-hydrogen) atoms. The number of hydrogen-bond acceptors (Lipinski definition) is 4. The molecule has 1 aromatic heterocycles. The number of alkyl halides is 2. The molecule has 4 nitrogen and oxygen atoms in total. The number of carbonyl (C=O) groups is 2. The maximum absolute atomic E-state index is 13.9. The van der Waals surface area contributed by atoms with E-state index in [-0.39, 0.29) is 5.76 Å². The van der Waals surface area contributed by atoms with Gasteiger partial charge in [-0.05, 0) is 32.9 Å². The molecule has 0 fully saturated rings. The number of carbonyl (C=O) groups excluding carboxylic acids is 2. The minimum absolute atomic E-state index is 0.339. The number of hydrogen-bond donors (Lipinski definition) is 0. The molecule has 0 unspecified atom stereocenters. The number of rotatable bonds is 3. The van der Waals surface area contributed by atoms with Gasteiger partial charge in [-0.3, -0.25) is 4.79 Å². The first-order valence-corrected chi connectivity index (χ1v) is 5.22. The van der Waals surface area contributed by atoms with Crippen LogP contribution in [0.5, 0.6) is 0 Å². The summed E-state index contributed by atoms with van der Waals surface area (Å²) in [4.78, 5) is 23.0. The zero-order valence-corrected chi connectivity index (χ0v) is 10.4. The van der Waals surface area contributed by atoms with Crippen molar-refractivity contribution in [2.45, 2.75) is 31.5 Å². The van der Waals surface area contributed by atoms with E-state index in [0.29, 0.717) is 0 Å². The highest BCUT2D eigenvalue weighted by atomic mass is 35.5. The highest BCUT2D eigenvalue weighted by molar-refractivity contribution is 6.46. The first-order chi connectivity index (χ1) is 7.64. The van der Waals surface area contributed by atoms with Gasteiger partial charge in [0, 0.05) is 0 Å². The van der Waals surface area contributed by atoms with E-state index in [4.69, 9.17) is 16.3 Å². The fourth-order valence-corrected chi connectivity index (χ4v) is 1.13. The summed E-state index contributed by atoms with van der Waals surface area (Å²) in [7, 11) is 0. The van der Waals surface area contributed by atoms with Crippen LogP contribution in [-0.2, 0) is 9.53 Å². The Bertz CT molecular complexity index is 417. The molecule has 0 amide bonds. The van der Waals surface area contributed by atoms with E-state index in [2.05, 4.69) is 4.42 Å². The molecule has 0 saturated carbocycles. The Labute approximate surface area is 103 Å². The van der Waals surface area contributed by atoms with Crippen LogP contribution in [0.2, 0.25) is 0 Å². The summed E-state index contributed by atoms with van der Waals surface area (Å²) in [5.41, 5.74) is -0.938. The number of furan rings is 1. The average molecular weight is 263 g/mol. The molecule has 0 N–H and O–H groups in total. The van der Waals surface area contributed by atoms with Gasteiger partial charge in [0.05, 0.1) is 6.26 Å². The zero-order chi connectivity index (χ0) is 13.3. The van der Waals surface area contributed by atoms with Crippen LogP contribution < -0.4 is 0 Å². The summed E-state index contributed by atoms with van der Waals surface area (Å²) in [5, 5.41) is -3.27. The fraction of sp³-hybridized carbons (Fsp3) is 0.455. The summed E-state index contributed by atoms with van der Waals surface area (Å²) in [6.07, 6.45) is 1.18. The number of halogens is 2. The smallest absolute Gasteiger partial charge is 0.368 e. The first-order valence-electron chi connectivity index (χ1n) is 4.84. The lowest BCUT2D eigenvalue weighted by Gasteiger charge is -2.23. The second-order valence-electron chi connectivity index (χ2n) is 4.38. The monoisotopic (exact) mass is 262 g/mol. The van der Waals surface area contributed by atoms with E-state index in [9.17, 15) is 14.0 Å². The van der Waals surface area contributed by atoms with Crippen molar-refractivity contribution in [3.8, 4) is 0 Å². The Balaban J connectivity index is 2.88. The van der Waals surface area contributed by atoms with E-state index >= 15 is 0 Å². The third-order valence-electron chi connectivity index (χ3n) is 1.69. The minimum atomic E-state index is -3.27. The van der Waals surface area contributed by atoms with Crippen LogP contribution in [0, 0.1) is 0 Å². The molecule has 0 aromatic carbocycles. The van der Waals surface area contributed by atoms with E-state index in [0.717, 1.165) is 0 Å². The second-order valence-corrected chi connectivity index (χ2v) is 4.90. The molecule has 1 aromatic rings. The summed E-state index contributed by atoms with van der Waals surface area (Å²) in [6, 6.07) is 2.60. The summed E-state index contributed by atoms with van der Waals surface area (Å²) in [6.45, 7) is 4.61.